The van der Waals surface area contributed by atoms with E-state index in [9.17, 15) is 0 Å². The van der Waals surface area contributed by atoms with Crippen molar-refractivity contribution in [2.75, 3.05) is 13.1 Å². The summed E-state index contributed by atoms with van der Waals surface area (Å²) in [5.41, 5.74) is 1.90. The van der Waals surface area contributed by atoms with Crippen LogP contribution < -0.4 is 5.32 Å². The third-order valence-electron chi connectivity index (χ3n) is 3.14. The molecular formula is C11H15N5. The molecule has 0 saturated carbocycles. The molecule has 1 aliphatic heterocycles. The van der Waals surface area contributed by atoms with E-state index < -0.39 is 0 Å². The molecule has 0 aliphatic carbocycles. The third kappa shape index (κ3) is 1.39. The molecule has 5 heteroatoms. The average molecular weight is 217 g/mol. The first kappa shape index (κ1) is 9.72. The van der Waals surface area contributed by atoms with Gasteiger partial charge in [0, 0.05) is 24.2 Å². The molecule has 2 aromatic heterocycles. The van der Waals surface area contributed by atoms with Crippen LogP contribution in [0.15, 0.2) is 6.07 Å². The van der Waals surface area contributed by atoms with Gasteiger partial charge >= 0.3 is 0 Å². The zero-order valence-corrected chi connectivity index (χ0v) is 9.56. The van der Waals surface area contributed by atoms with Crippen molar-refractivity contribution in [1.29, 1.82) is 0 Å². The number of nitrogens with zero attached hydrogens (tertiary/aromatic N) is 4. The topological polar surface area (TPSA) is 55.1 Å². The second-order valence-electron chi connectivity index (χ2n) is 4.39. The third-order valence-corrected chi connectivity index (χ3v) is 3.14. The van der Waals surface area contributed by atoms with Crippen molar-refractivity contribution >= 4 is 5.65 Å². The van der Waals surface area contributed by atoms with Gasteiger partial charge in [-0.15, -0.1) is 10.2 Å². The molecule has 16 heavy (non-hydrogen) atoms. The molecule has 1 N–H and O–H groups in total. The molecular weight excluding hydrogens is 202 g/mol. The highest BCUT2D eigenvalue weighted by Crippen LogP contribution is 2.22. The molecule has 0 bridgehead atoms. The zero-order chi connectivity index (χ0) is 11.1. The number of rotatable bonds is 1. The summed E-state index contributed by atoms with van der Waals surface area (Å²) in [6, 6.07) is 1.98. The SMILES string of the molecule is Cc1cc2nnc(C3CCNC3)n2c(C)n1. The van der Waals surface area contributed by atoms with Crippen LogP contribution in [0.25, 0.3) is 5.65 Å². The number of hydrogen-bond donors (Lipinski definition) is 1. The maximum absolute atomic E-state index is 4.47. The van der Waals surface area contributed by atoms with Gasteiger partial charge in [-0.05, 0) is 26.8 Å². The number of hydrogen-bond acceptors (Lipinski definition) is 4. The summed E-state index contributed by atoms with van der Waals surface area (Å²) in [5, 5.41) is 11.9. The van der Waals surface area contributed by atoms with Gasteiger partial charge in [0.2, 0.25) is 0 Å². The predicted molar refractivity (Wildman–Crippen MR) is 60.5 cm³/mol. The van der Waals surface area contributed by atoms with Gasteiger partial charge in [0.05, 0.1) is 0 Å². The Morgan fingerprint density at radius 3 is 3.00 bits per heavy atom. The van der Waals surface area contributed by atoms with Gasteiger partial charge in [0.25, 0.3) is 0 Å². The lowest BCUT2D eigenvalue weighted by Crippen LogP contribution is -2.11. The van der Waals surface area contributed by atoms with Crippen LogP contribution >= 0.6 is 0 Å². The van der Waals surface area contributed by atoms with Crippen molar-refractivity contribution in [3.05, 3.63) is 23.4 Å². The highest BCUT2D eigenvalue weighted by atomic mass is 15.3. The molecule has 0 aromatic carbocycles. The summed E-state index contributed by atoms with van der Waals surface area (Å²) in [6.07, 6.45) is 1.13. The molecule has 84 valence electrons. The van der Waals surface area contributed by atoms with E-state index in [0.717, 1.165) is 42.5 Å². The Balaban J connectivity index is 2.18. The minimum absolute atomic E-state index is 0.471. The normalized spacial score (nSPS) is 20.8. The van der Waals surface area contributed by atoms with E-state index in [2.05, 4.69) is 24.9 Å². The fourth-order valence-corrected chi connectivity index (χ4v) is 2.40. The monoisotopic (exact) mass is 217 g/mol. The van der Waals surface area contributed by atoms with Crippen molar-refractivity contribution in [3.8, 4) is 0 Å². The Morgan fingerprint density at radius 1 is 1.38 bits per heavy atom. The smallest absolute Gasteiger partial charge is 0.164 e. The average Bonchev–Trinajstić information content (AvgIpc) is 2.82. The lowest BCUT2D eigenvalue weighted by Gasteiger charge is -2.08. The maximum Gasteiger partial charge on any atom is 0.164 e. The Morgan fingerprint density at radius 2 is 2.25 bits per heavy atom. The van der Waals surface area contributed by atoms with E-state index in [1.807, 2.05) is 19.9 Å². The highest BCUT2D eigenvalue weighted by molar-refractivity contribution is 5.40. The van der Waals surface area contributed by atoms with Crippen LogP contribution in [0.3, 0.4) is 0 Å². The summed E-state index contributed by atoms with van der Waals surface area (Å²) in [4.78, 5) is 4.47. The van der Waals surface area contributed by atoms with Crippen molar-refractivity contribution in [3.63, 3.8) is 0 Å². The second kappa shape index (κ2) is 3.52. The summed E-state index contributed by atoms with van der Waals surface area (Å²) in [7, 11) is 0. The van der Waals surface area contributed by atoms with Gasteiger partial charge in [0.1, 0.15) is 11.6 Å². The molecule has 0 amide bonds. The number of aryl methyl sites for hydroxylation is 2. The molecule has 3 rings (SSSR count). The van der Waals surface area contributed by atoms with Gasteiger partial charge in [0.15, 0.2) is 5.65 Å². The first-order valence-electron chi connectivity index (χ1n) is 5.65. The van der Waals surface area contributed by atoms with E-state index in [1.54, 1.807) is 0 Å². The van der Waals surface area contributed by atoms with Crippen LogP contribution in [0.5, 0.6) is 0 Å². The Hall–Kier alpha value is -1.49. The number of aromatic nitrogens is 4. The molecule has 3 heterocycles. The molecule has 1 unspecified atom stereocenters. The molecule has 1 aliphatic rings. The molecule has 0 spiro atoms. The summed E-state index contributed by atoms with van der Waals surface area (Å²) >= 11 is 0. The number of nitrogens with one attached hydrogen (secondary N) is 1. The highest BCUT2D eigenvalue weighted by Gasteiger charge is 2.22. The molecule has 5 nitrogen and oxygen atoms in total. The molecule has 1 fully saturated rings. The first-order chi connectivity index (χ1) is 7.75. The van der Waals surface area contributed by atoms with Crippen LogP contribution in [-0.2, 0) is 0 Å². The maximum atomic E-state index is 4.47. The molecule has 1 atom stereocenters. The van der Waals surface area contributed by atoms with Gasteiger partial charge in [-0.25, -0.2) is 4.98 Å². The van der Waals surface area contributed by atoms with E-state index >= 15 is 0 Å². The van der Waals surface area contributed by atoms with Crippen LogP contribution in [0, 0.1) is 13.8 Å². The van der Waals surface area contributed by atoms with E-state index in [4.69, 9.17) is 0 Å². The van der Waals surface area contributed by atoms with Crippen molar-refractivity contribution in [2.24, 2.45) is 0 Å². The fourth-order valence-electron chi connectivity index (χ4n) is 2.40. The van der Waals surface area contributed by atoms with E-state index in [0.29, 0.717) is 5.92 Å². The summed E-state index contributed by atoms with van der Waals surface area (Å²) in [6.45, 7) is 6.06. The summed E-state index contributed by atoms with van der Waals surface area (Å²) in [5.74, 6) is 2.49. The van der Waals surface area contributed by atoms with Crippen molar-refractivity contribution in [2.45, 2.75) is 26.2 Å². The first-order valence-corrected chi connectivity index (χ1v) is 5.65. The van der Waals surface area contributed by atoms with Gasteiger partial charge in [-0.1, -0.05) is 0 Å². The van der Waals surface area contributed by atoms with Crippen LogP contribution in [0.4, 0.5) is 0 Å². The van der Waals surface area contributed by atoms with Gasteiger partial charge in [-0.3, -0.25) is 4.40 Å². The van der Waals surface area contributed by atoms with Crippen LogP contribution in [0.2, 0.25) is 0 Å². The minimum atomic E-state index is 0.471. The molecule has 0 radical (unpaired) electrons. The quantitative estimate of drug-likeness (QED) is 0.768. The van der Waals surface area contributed by atoms with Gasteiger partial charge < -0.3 is 5.32 Å². The predicted octanol–water partition coefficient (Wildman–Crippen LogP) is 0.818. The standard InChI is InChI=1S/C11H15N5/c1-7-5-10-14-15-11(9-3-4-12-6-9)16(10)8(2)13-7/h5,9,12H,3-4,6H2,1-2H3. The Labute approximate surface area is 93.9 Å². The molecule has 1 saturated heterocycles. The lowest BCUT2D eigenvalue weighted by atomic mass is 10.1. The fraction of sp³-hybridized carbons (Fsp3) is 0.545. The van der Waals surface area contributed by atoms with Crippen LogP contribution in [0.1, 0.15) is 29.7 Å². The number of fused-ring (bicyclic) bond motifs is 1. The minimum Gasteiger partial charge on any atom is -0.316 e. The van der Waals surface area contributed by atoms with Gasteiger partial charge in [-0.2, -0.15) is 0 Å². The lowest BCUT2D eigenvalue weighted by molar-refractivity contribution is 0.682. The molecule has 2 aromatic rings. The van der Waals surface area contributed by atoms with Crippen molar-refractivity contribution in [1.82, 2.24) is 24.9 Å². The zero-order valence-electron chi connectivity index (χ0n) is 9.56. The van der Waals surface area contributed by atoms with E-state index in [-0.39, 0.29) is 0 Å². The Kier molecular flexibility index (Phi) is 2.14. The Bertz CT molecular complexity index is 524. The second-order valence-corrected chi connectivity index (χ2v) is 4.39. The van der Waals surface area contributed by atoms with E-state index in [1.165, 1.54) is 0 Å². The van der Waals surface area contributed by atoms with Crippen molar-refractivity contribution < 1.29 is 0 Å². The van der Waals surface area contributed by atoms with Crippen LogP contribution in [-0.4, -0.2) is 32.7 Å². The largest absolute Gasteiger partial charge is 0.316 e. The summed E-state index contributed by atoms with van der Waals surface area (Å²) < 4.78 is 2.07.